The fourth-order valence-corrected chi connectivity index (χ4v) is 5.23. The summed E-state index contributed by atoms with van der Waals surface area (Å²) in [6.45, 7) is 5.26. The Bertz CT molecular complexity index is 1540. The van der Waals surface area contributed by atoms with Crippen molar-refractivity contribution in [2.45, 2.75) is 26.8 Å². The Balaban J connectivity index is 1.52. The maximum Gasteiger partial charge on any atom is 0.281 e. The van der Waals surface area contributed by atoms with E-state index in [-0.39, 0.29) is 5.91 Å². The Hall–Kier alpha value is -3.32. The van der Waals surface area contributed by atoms with Crippen molar-refractivity contribution in [1.29, 1.82) is 0 Å². The number of carbonyl (C=O) groups is 1. The van der Waals surface area contributed by atoms with Crippen LogP contribution < -0.4 is 15.0 Å². The van der Waals surface area contributed by atoms with E-state index < -0.39 is 0 Å². The van der Waals surface area contributed by atoms with Crippen LogP contribution in [-0.4, -0.2) is 22.2 Å². The van der Waals surface area contributed by atoms with Crippen molar-refractivity contribution in [2.75, 3.05) is 11.5 Å². The maximum absolute atomic E-state index is 13.4. The van der Waals surface area contributed by atoms with Crippen molar-refractivity contribution < 1.29 is 9.53 Å². The number of carbonyl (C=O) groups excluding carboxylic acids is 1. The van der Waals surface area contributed by atoms with Gasteiger partial charge in [0.25, 0.3) is 5.91 Å². The minimum absolute atomic E-state index is 0.203. The number of fused-ring (bicyclic) bond motifs is 1. The number of anilines is 1. The van der Waals surface area contributed by atoms with Gasteiger partial charge >= 0.3 is 0 Å². The molecule has 1 aliphatic heterocycles. The molecule has 8 heteroatoms. The van der Waals surface area contributed by atoms with Gasteiger partial charge in [-0.1, -0.05) is 54.4 Å². The lowest BCUT2D eigenvalue weighted by Gasteiger charge is -2.14. The van der Waals surface area contributed by atoms with Crippen LogP contribution in [0.15, 0.2) is 72.6 Å². The molecule has 1 fully saturated rings. The van der Waals surface area contributed by atoms with E-state index in [2.05, 4.69) is 35.1 Å². The summed E-state index contributed by atoms with van der Waals surface area (Å²) in [5.74, 6) is 0.542. The van der Waals surface area contributed by atoms with Crippen molar-refractivity contribution in [3.8, 4) is 5.75 Å². The molecule has 2 heterocycles. The molecule has 1 saturated heterocycles. The number of rotatable bonds is 7. The predicted molar refractivity (Wildman–Crippen MR) is 156 cm³/mol. The van der Waals surface area contributed by atoms with Gasteiger partial charge in [-0.2, -0.15) is 0 Å². The van der Waals surface area contributed by atoms with Gasteiger partial charge in [0.2, 0.25) is 0 Å². The van der Waals surface area contributed by atoms with E-state index in [1.807, 2.05) is 61.5 Å². The summed E-state index contributed by atoms with van der Waals surface area (Å²) in [6, 6.07) is 19.3. The molecule has 0 radical (unpaired) electrons. The molecule has 0 atom stereocenters. The second-order valence-corrected chi connectivity index (χ2v) is 9.88. The molecule has 37 heavy (non-hydrogen) atoms. The summed E-state index contributed by atoms with van der Waals surface area (Å²) >= 11 is 17.9. The van der Waals surface area contributed by atoms with Crippen molar-refractivity contribution in [2.24, 2.45) is 0 Å². The number of benzene rings is 3. The van der Waals surface area contributed by atoms with Gasteiger partial charge in [-0.05, 0) is 79.2 Å². The average Bonchev–Trinajstić information content (AvgIpc) is 3.38. The van der Waals surface area contributed by atoms with Gasteiger partial charge in [-0.15, -0.1) is 0 Å². The summed E-state index contributed by atoms with van der Waals surface area (Å²) < 4.78 is 7.71. The molecule has 0 saturated carbocycles. The number of halogens is 2. The first-order valence-corrected chi connectivity index (χ1v) is 13.2. The number of aromatic nitrogens is 1. The normalized spacial score (nSPS) is 14.6. The third kappa shape index (κ3) is 4.97. The van der Waals surface area contributed by atoms with Crippen LogP contribution in [0, 0.1) is 0 Å². The molecular weight excluding hydrogens is 525 g/mol. The highest BCUT2D eigenvalue weighted by Crippen LogP contribution is 2.31. The first-order chi connectivity index (χ1) is 17.9. The molecule has 0 aliphatic carbocycles. The monoisotopic (exact) mass is 549 g/mol. The van der Waals surface area contributed by atoms with E-state index >= 15 is 0 Å². The van der Waals surface area contributed by atoms with Crippen molar-refractivity contribution in [3.63, 3.8) is 0 Å². The number of thiocarbonyl (C=S) groups is 1. The van der Waals surface area contributed by atoms with Crippen LogP contribution in [0.3, 0.4) is 0 Å². The molecule has 0 unspecified atom stereocenters. The standard InChI is InChI=1S/C29H25Cl2N3O2S/c1-3-19-6-5-7-23-20(17-33(27(19)23)16-18-8-13-24(30)25(31)14-18)15-26-28(35)34(29(37)32-26)21-9-11-22(12-10-21)36-4-2/h5-15,17H,3-4,16H2,1-2H3,(H,32,37)/b26-15-. The summed E-state index contributed by atoms with van der Waals surface area (Å²) in [5.41, 5.74) is 5.42. The number of amides is 1. The lowest BCUT2D eigenvalue weighted by atomic mass is 10.1. The molecule has 4 aromatic rings. The first kappa shape index (κ1) is 25.3. The van der Waals surface area contributed by atoms with E-state index in [0.29, 0.717) is 39.7 Å². The highest BCUT2D eigenvalue weighted by molar-refractivity contribution is 7.80. The zero-order valence-electron chi connectivity index (χ0n) is 20.4. The molecular formula is C29H25Cl2N3O2S. The quantitative estimate of drug-likeness (QED) is 0.195. The van der Waals surface area contributed by atoms with E-state index in [4.69, 9.17) is 40.2 Å². The van der Waals surface area contributed by atoms with Crippen LogP contribution >= 0.6 is 35.4 Å². The van der Waals surface area contributed by atoms with E-state index in [1.165, 1.54) is 10.5 Å². The predicted octanol–water partition coefficient (Wildman–Crippen LogP) is 7.22. The number of aryl methyl sites for hydroxylation is 1. The molecule has 5 nitrogen and oxygen atoms in total. The minimum atomic E-state index is -0.203. The third-order valence-electron chi connectivity index (χ3n) is 6.31. The second kappa shape index (κ2) is 10.6. The van der Waals surface area contributed by atoms with E-state index in [1.54, 1.807) is 0 Å². The Kier molecular flexibility index (Phi) is 7.24. The number of para-hydroxylation sites is 1. The van der Waals surface area contributed by atoms with Crippen molar-refractivity contribution >= 4 is 69.1 Å². The molecule has 1 aliphatic rings. The van der Waals surface area contributed by atoms with Gasteiger partial charge in [-0.25, -0.2) is 0 Å². The fraction of sp³-hybridized carbons (Fsp3) is 0.172. The number of hydrogen-bond donors (Lipinski definition) is 1. The lowest BCUT2D eigenvalue weighted by Crippen LogP contribution is -2.30. The van der Waals surface area contributed by atoms with Gasteiger partial charge in [0.15, 0.2) is 5.11 Å². The molecule has 5 rings (SSSR count). The summed E-state index contributed by atoms with van der Waals surface area (Å²) in [5, 5.41) is 5.56. The average molecular weight is 551 g/mol. The number of hydrogen-bond acceptors (Lipinski definition) is 3. The largest absolute Gasteiger partial charge is 0.494 e. The first-order valence-electron chi connectivity index (χ1n) is 12.0. The molecule has 0 bridgehead atoms. The van der Waals surface area contributed by atoms with Gasteiger partial charge < -0.3 is 14.6 Å². The van der Waals surface area contributed by atoms with Crippen LogP contribution in [0.4, 0.5) is 5.69 Å². The van der Waals surface area contributed by atoms with Crippen LogP contribution in [0.2, 0.25) is 10.0 Å². The molecule has 188 valence electrons. The van der Waals surface area contributed by atoms with Crippen LogP contribution in [0.1, 0.15) is 30.5 Å². The molecule has 0 spiro atoms. The zero-order valence-corrected chi connectivity index (χ0v) is 22.8. The highest BCUT2D eigenvalue weighted by atomic mass is 35.5. The number of ether oxygens (including phenoxy) is 1. The summed E-state index contributed by atoms with van der Waals surface area (Å²) in [7, 11) is 0. The van der Waals surface area contributed by atoms with Crippen molar-refractivity contribution in [3.05, 3.63) is 99.3 Å². The SMILES string of the molecule is CCOc1ccc(N2C(=O)/C(=C/c3cn(Cc4ccc(Cl)c(Cl)c4)c4c(CC)cccc34)NC2=S)cc1. The molecule has 1 amide bonds. The van der Waals surface area contributed by atoms with Gasteiger partial charge in [0.05, 0.1) is 27.9 Å². The minimum Gasteiger partial charge on any atom is -0.494 e. The van der Waals surface area contributed by atoms with Gasteiger partial charge in [0.1, 0.15) is 11.4 Å². The van der Waals surface area contributed by atoms with Crippen LogP contribution in [-0.2, 0) is 17.8 Å². The molecule has 1 aromatic heterocycles. The number of nitrogens with one attached hydrogen (secondary N) is 1. The third-order valence-corrected chi connectivity index (χ3v) is 7.34. The molecule has 3 aromatic carbocycles. The lowest BCUT2D eigenvalue weighted by molar-refractivity contribution is -0.113. The smallest absolute Gasteiger partial charge is 0.281 e. The summed E-state index contributed by atoms with van der Waals surface area (Å²) in [6.07, 6.45) is 4.82. The van der Waals surface area contributed by atoms with Gasteiger partial charge in [0, 0.05) is 23.7 Å². The maximum atomic E-state index is 13.4. The fourth-order valence-electron chi connectivity index (χ4n) is 4.61. The van der Waals surface area contributed by atoms with Crippen LogP contribution in [0.25, 0.3) is 17.0 Å². The van der Waals surface area contributed by atoms with E-state index in [9.17, 15) is 4.79 Å². The Morgan fingerprint density at radius 3 is 2.51 bits per heavy atom. The Morgan fingerprint density at radius 1 is 1.03 bits per heavy atom. The van der Waals surface area contributed by atoms with E-state index in [0.717, 1.165) is 34.2 Å². The molecule has 1 N–H and O–H groups in total. The Labute approximate surface area is 231 Å². The summed E-state index contributed by atoms with van der Waals surface area (Å²) in [4.78, 5) is 14.9. The highest BCUT2D eigenvalue weighted by Gasteiger charge is 2.32. The number of nitrogens with zero attached hydrogens (tertiary/aromatic N) is 2. The van der Waals surface area contributed by atoms with Crippen molar-refractivity contribution in [1.82, 2.24) is 9.88 Å². The zero-order chi connectivity index (χ0) is 26.1. The Morgan fingerprint density at radius 2 is 1.81 bits per heavy atom. The van der Waals surface area contributed by atoms with Crippen LogP contribution in [0.5, 0.6) is 5.75 Å². The topological polar surface area (TPSA) is 46.5 Å². The second-order valence-electron chi connectivity index (χ2n) is 8.68. The van der Waals surface area contributed by atoms with Gasteiger partial charge in [-0.3, -0.25) is 9.69 Å².